The molecule has 32 heavy (non-hydrogen) atoms. The number of sulfonamides is 1. The summed E-state index contributed by atoms with van der Waals surface area (Å²) in [6.07, 6.45) is 5.70. The van der Waals surface area contributed by atoms with Crippen molar-refractivity contribution in [2.75, 3.05) is 36.4 Å². The van der Waals surface area contributed by atoms with Crippen LogP contribution in [0, 0.1) is 11.6 Å². The van der Waals surface area contributed by atoms with Crippen LogP contribution in [0.3, 0.4) is 0 Å². The van der Waals surface area contributed by atoms with E-state index in [2.05, 4.69) is 10.2 Å². The molecule has 2 aromatic carbocycles. The van der Waals surface area contributed by atoms with E-state index >= 15 is 0 Å². The molecule has 2 fully saturated rings. The Hall–Kier alpha value is -2.52. The van der Waals surface area contributed by atoms with Gasteiger partial charge in [-0.15, -0.1) is 0 Å². The predicted octanol–water partition coefficient (Wildman–Crippen LogP) is 4.38. The molecule has 0 unspecified atom stereocenters. The molecule has 2 aliphatic rings. The Morgan fingerprint density at radius 3 is 2.22 bits per heavy atom. The fourth-order valence-electron chi connectivity index (χ4n) is 4.31. The van der Waals surface area contributed by atoms with Crippen molar-refractivity contribution >= 4 is 27.3 Å². The number of hydrogen-bond donors (Lipinski definition) is 1. The van der Waals surface area contributed by atoms with Crippen LogP contribution >= 0.6 is 0 Å². The minimum atomic E-state index is -3.72. The van der Waals surface area contributed by atoms with Crippen molar-refractivity contribution in [2.45, 2.75) is 43.4 Å². The third-order valence-electron chi connectivity index (χ3n) is 6.06. The number of hydrogen-bond acceptors (Lipinski definition) is 4. The number of carbonyl (C=O) groups excluding carboxylic acids is 1. The van der Waals surface area contributed by atoms with Crippen molar-refractivity contribution < 1.29 is 22.0 Å². The van der Waals surface area contributed by atoms with Crippen LogP contribution in [0.15, 0.2) is 41.3 Å². The number of anilines is 2. The first-order valence-electron chi connectivity index (χ1n) is 11.0. The van der Waals surface area contributed by atoms with Gasteiger partial charge in [-0.2, -0.15) is 4.31 Å². The lowest BCUT2D eigenvalue weighted by molar-refractivity contribution is 0.102. The molecule has 0 aliphatic carbocycles. The summed E-state index contributed by atoms with van der Waals surface area (Å²) in [5, 5.41) is 2.64. The molecule has 0 spiro atoms. The van der Waals surface area contributed by atoms with Crippen LogP contribution in [0.4, 0.5) is 20.2 Å². The van der Waals surface area contributed by atoms with E-state index in [-0.39, 0.29) is 10.6 Å². The maximum Gasteiger partial charge on any atom is 0.258 e. The molecule has 2 heterocycles. The van der Waals surface area contributed by atoms with Crippen molar-refractivity contribution in [1.82, 2.24) is 4.31 Å². The van der Waals surface area contributed by atoms with Crippen molar-refractivity contribution in [1.29, 1.82) is 0 Å². The SMILES string of the molecule is O=C(Nc1cc(S(=O)(=O)N2CCCCC2)ccc1N1CCCCC1)c1cccc(F)c1F. The molecule has 6 nitrogen and oxygen atoms in total. The third-order valence-corrected chi connectivity index (χ3v) is 7.96. The van der Waals surface area contributed by atoms with E-state index in [1.807, 2.05) is 0 Å². The number of halogens is 2. The molecular weight excluding hydrogens is 436 g/mol. The monoisotopic (exact) mass is 463 g/mol. The highest BCUT2D eigenvalue weighted by Gasteiger charge is 2.28. The second-order valence-corrected chi connectivity index (χ2v) is 10.2. The smallest absolute Gasteiger partial charge is 0.258 e. The summed E-state index contributed by atoms with van der Waals surface area (Å²) in [5.74, 6) is -3.18. The zero-order chi connectivity index (χ0) is 22.7. The molecule has 2 aromatic rings. The quantitative estimate of drug-likeness (QED) is 0.715. The number of piperidine rings is 2. The lowest BCUT2D eigenvalue weighted by Gasteiger charge is -2.31. The summed E-state index contributed by atoms with van der Waals surface area (Å²) in [5.41, 5.74) is 0.519. The van der Waals surface area contributed by atoms with Crippen LogP contribution < -0.4 is 10.2 Å². The molecule has 2 saturated heterocycles. The Labute approximate surface area is 187 Å². The van der Waals surface area contributed by atoms with Gasteiger partial charge in [0.25, 0.3) is 5.91 Å². The van der Waals surface area contributed by atoms with Gasteiger partial charge in [-0.3, -0.25) is 4.79 Å². The van der Waals surface area contributed by atoms with Crippen LogP contribution in [-0.2, 0) is 10.0 Å². The number of carbonyl (C=O) groups is 1. The van der Waals surface area contributed by atoms with Gasteiger partial charge < -0.3 is 10.2 Å². The highest BCUT2D eigenvalue weighted by atomic mass is 32.2. The maximum atomic E-state index is 14.2. The minimum absolute atomic E-state index is 0.0789. The van der Waals surface area contributed by atoms with Gasteiger partial charge in [0, 0.05) is 26.2 Å². The molecular formula is C23H27F2N3O3S. The summed E-state index contributed by atoms with van der Waals surface area (Å²) < 4.78 is 55.6. The molecule has 2 aliphatic heterocycles. The van der Waals surface area contributed by atoms with Gasteiger partial charge in [-0.05, 0) is 62.4 Å². The number of amides is 1. The number of benzene rings is 2. The molecule has 1 N–H and O–H groups in total. The van der Waals surface area contributed by atoms with Gasteiger partial charge in [0.05, 0.1) is 21.8 Å². The van der Waals surface area contributed by atoms with Crippen molar-refractivity contribution in [2.24, 2.45) is 0 Å². The van der Waals surface area contributed by atoms with E-state index < -0.39 is 33.1 Å². The van der Waals surface area contributed by atoms with E-state index in [1.54, 1.807) is 12.1 Å². The first-order chi connectivity index (χ1) is 15.4. The summed E-state index contributed by atoms with van der Waals surface area (Å²) >= 11 is 0. The zero-order valence-electron chi connectivity index (χ0n) is 17.8. The lowest BCUT2D eigenvalue weighted by Crippen LogP contribution is -2.36. The van der Waals surface area contributed by atoms with E-state index in [0.29, 0.717) is 18.8 Å². The minimum Gasteiger partial charge on any atom is -0.370 e. The molecule has 0 saturated carbocycles. The average Bonchev–Trinajstić information content (AvgIpc) is 2.82. The second kappa shape index (κ2) is 9.54. The molecule has 9 heteroatoms. The fraction of sp³-hybridized carbons (Fsp3) is 0.435. The van der Waals surface area contributed by atoms with Gasteiger partial charge in [0.1, 0.15) is 0 Å². The van der Waals surface area contributed by atoms with E-state index in [0.717, 1.165) is 57.7 Å². The van der Waals surface area contributed by atoms with Gasteiger partial charge in [-0.25, -0.2) is 17.2 Å². The van der Waals surface area contributed by atoms with Crippen LogP contribution in [0.5, 0.6) is 0 Å². The largest absolute Gasteiger partial charge is 0.370 e. The highest BCUT2D eigenvalue weighted by Crippen LogP contribution is 2.33. The maximum absolute atomic E-state index is 14.2. The summed E-state index contributed by atoms with van der Waals surface area (Å²) in [4.78, 5) is 14.9. The average molecular weight is 464 g/mol. The first kappa shape index (κ1) is 22.7. The van der Waals surface area contributed by atoms with Crippen molar-refractivity contribution in [3.8, 4) is 0 Å². The molecule has 0 radical (unpaired) electrons. The molecule has 172 valence electrons. The predicted molar refractivity (Wildman–Crippen MR) is 119 cm³/mol. The second-order valence-electron chi connectivity index (χ2n) is 8.25. The normalized spacial score (nSPS) is 17.9. The van der Waals surface area contributed by atoms with Crippen LogP contribution in [0.25, 0.3) is 0 Å². The molecule has 0 aromatic heterocycles. The number of nitrogens with zero attached hydrogens (tertiary/aromatic N) is 2. The third kappa shape index (κ3) is 4.63. The Balaban J connectivity index is 1.70. The fourth-order valence-corrected chi connectivity index (χ4v) is 5.85. The van der Waals surface area contributed by atoms with Gasteiger partial charge >= 0.3 is 0 Å². The molecule has 4 rings (SSSR count). The van der Waals surface area contributed by atoms with Crippen LogP contribution in [-0.4, -0.2) is 44.8 Å². The Morgan fingerprint density at radius 1 is 0.875 bits per heavy atom. The number of rotatable bonds is 5. The Bertz CT molecular complexity index is 1100. The van der Waals surface area contributed by atoms with E-state index in [9.17, 15) is 22.0 Å². The Morgan fingerprint density at radius 2 is 1.53 bits per heavy atom. The van der Waals surface area contributed by atoms with E-state index in [1.165, 1.54) is 22.5 Å². The number of nitrogens with one attached hydrogen (secondary N) is 1. The first-order valence-corrected chi connectivity index (χ1v) is 12.5. The van der Waals surface area contributed by atoms with Gasteiger partial charge in [-0.1, -0.05) is 12.5 Å². The van der Waals surface area contributed by atoms with Gasteiger partial charge in [0.2, 0.25) is 10.0 Å². The summed E-state index contributed by atoms with van der Waals surface area (Å²) in [7, 11) is -3.72. The molecule has 1 amide bonds. The van der Waals surface area contributed by atoms with E-state index in [4.69, 9.17) is 0 Å². The van der Waals surface area contributed by atoms with Crippen molar-refractivity contribution in [3.05, 3.63) is 53.6 Å². The summed E-state index contributed by atoms with van der Waals surface area (Å²) in [6.45, 7) is 2.48. The highest BCUT2D eigenvalue weighted by molar-refractivity contribution is 7.89. The zero-order valence-corrected chi connectivity index (χ0v) is 18.6. The topological polar surface area (TPSA) is 69.7 Å². The van der Waals surface area contributed by atoms with Gasteiger partial charge in [0.15, 0.2) is 11.6 Å². The lowest BCUT2D eigenvalue weighted by atomic mass is 10.1. The van der Waals surface area contributed by atoms with Crippen LogP contribution in [0.2, 0.25) is 0 Å². The molecule has 0 bridgehead atoms. The standard InChI is InChI=1S/C23H27F2N3O3S/c24-19-9-7-8-18(22(19)25)23(29)26-20-16-17(32(30,31)28-14-5-2-6-15-28)10-11-21(20)27-12-3-1-4-13-27/h7-11,16H,1-6,12-15H2,(H,26,29). The van der Waals surface area contributed by atoms with Crippen LogP contribution in [0.1, 0.15) is 48.9 Å². The Kier molecular flexibility index (Phi) is 6.76. The molecule has 0 atom stereocenters. The van der Waals surface area contributed by atoms with Crippen molar-refractivity contribution in [3.63, 3.8) is 0 Å². The summed E-state index contributed by atoms with van der Waals surface area (Å²) in [6, 6.07) is 8.09.